The molecule has 0 spiro atoms. The Morgan fingerprint density at radius 2 is 1.90 bits per heavy atom. The number of hydrogen-bond acceptors (Lipinski definition) is 2. The molecule has 4 heteroatoms. The van der Waals surface area contributed by atoms with Crippen molar-refractivity contribution < 1.29 is 0 Å². The molecule has 0 fully saturated rings. The monoisotopic (exact) mass is 279 g/mol. The number of nitriles is 1. The molecule has 0 amide bonds. The van der Waals surface area contributed by atoms with Gasteiger partial charge in [-0.3, -0.25) is 0 Å². The summed E-state index contributed by atoms with van der Waals surface area (Å²) in [6.45, 7) is 0. The Kier molecular flexibility index (Phi) is 3.24. The molecule has 3 nitrogen and oxygen atoms in total. The van der Waals surface area contributed by atoms with Crippen LogP contribution in [0.2, 0.25) is 5.02 Å². The largest absolute Gasteiger partial charge is 0.304 e. The lowest BCUT2D eigenvalue weighted by Crippen LogP contribution is -1.91. The minimum absolute atomic E-state index is 0.529. The second kappa shape index (κ2) is 5.20. The molecule has 0 N–H and O–H groups in total. The van der Waals surface area contributed by atoms with Gasteiger partial charge in [-0.15, -0.1) is 0 Å². The zero-order valence-corrected chi connectivity index (χ0v) is 11.2. The van der Waals surface area contributed by atoms with E-state index in [1.807, 2.05) is 47.2 Å². The Balaban J connectivity index is 2.01. The van der Waals surface area contributed by atoms with Gasteiger partial charge in [0.05, 0.1) is 34.4 Å². The van der Waals surface area contributed by atoms with Crippen molar-refractivity contribution in [1.82, 2.24) is 9.55 Å². The first kappa shape index (κ1) is 12.5. The summed E-state index contributed by atoms with van der Waals surface area (Å²) < 4.78 is 1.85. The summed E-state index contributed by atoms with van der Waals surface area (Å²) in [5.74, 6) is 0. The van der Waals surface area contributed by atoms with Gasteiger partial charge in [0, 0.05) is 11.8 Å². The van der Waals surface area contributed by atoms with E-state index in [1.54, 1.807) is 18.5 Å². The van der Waals surface area contributed by atoms with Crippen molar-refractivity contribution in [2.45, 2.75) is 0 Å². The van der Waals surface area contributed by atoms with Gasteiger partial charge in [0.25, 0.3) is 0 Å². The van der Waals surface area contributed by atoms with Crippen LogP contribution < -0.4 is 0 Å². The fourth-order valence-corrected chi connectivity index (χ4v) is 2.28. The maximum absolute atomic E-state index is 8.85. The van der Waals surface area contributed by atoms with Crippen molar-refractivity contribution in [3.8, 4) is 23.0 Å². The first-order chi connectivity index (χ1) is 9.78. The number of hydrogen-bond donors (Lipinski definition) is 0. The standard InChI is InChI=1S/C16H10ClN3/c17-14-8-12(9-18)6-7-16(14)20-10-15(19-11-20)13-4-2-1-3-5-13/h1-8,10-11H. The highest BCUT2D eigenvalue weighted by Gasteiger charge is 2.07. The van der Waals surface area contributed by atoms with Gasteiger partial charge in [-0.1, -0.05) is 41.9 Å². The quantitative estimate of drug-likeness (QED) is 0.710. The Morgan fingerprint density at radius 3 is 2.60 bits per heavy atom. The van der Waals surface area contributed by atoms with E-state index < -0.39 is 0 Å². The maximum atomic E-state index is 8.85. The van der Waals surface area contributed by atoms with Crippen LogP contribution in [0.4, 0.5) is 0 Å². The molecule has 3 aromatic rings. The average molecular weight is 280 g/mol. The van der Waals surface area contributed by atoms with E-state index in [4.69, 9.17) is 16.9 Å². The predicted molar refractivity (Wildman–Crippen MR) is 78.7 cm³/mol. The molecule has 1 heterocycles. The zero-order chi connectivity index (χ0) is 13.9. The molecule has 1 aromatic heterocycles. The molecule has 0 saturated carbocycles. The predicted octanol–water partition coefficient (Wildman–Crippen LogP) is 4.06. The Bertz CT molecular complexity index is 785. The van der Waals surface area contributed by atoms with Gasteiger partial charge in [-0.2, -0.15) is 5.26 Å². The van der Waals surface area contributed by atoms with E-state index in [1.165, 1.54) is 0 Å². The van der Waals surface area contributed by atoms with Crippen LogP contribution in [-0.2, 0) is 0 Å². The van der Waals surface area contributed by atoms with Gasteiger partial charge < -0.3 is 4.57 Å². The lowest BCUT2D eigenvalue weighted by molar-refractivity contribution is 1.06. The van der Waals surface area contributed by atoms with Crippen LogP contribution in [-0.4, -0.2) is 9.55 Å². The van der Waals surface area contributed by atoms with Crippen LogP contribution in [0.3, 0.4) is 0 Å². The van der Waals surface area contributed by atoms with E-state index >= 15 is 0 Å². The van der Waals surface area contributed by atoms with Crippen molar-refractivity contribution in [2.24, 2.45) is 0 Å². The molecule has 2 aromatic carbocycles. The minimum atomic E-state index is 0.529. The van der Waals surface area contributed by atoms with E-state index in [-0.39, 0.29) is 0 Å². The van der Waals surface area contributed by atoms with Gasteiger partial charge in [0.15, 0.2) is 0 Å². The van der Waals surface area contributed by atoms with Crippen LogP contribution in [0.1, 0.15) is 5.56 Å². The van der Waals surface area contributed by atoms with Crippen LogP contribution in [0, 0.1) is 11.3 Å². The summed E-state index contributed by atoms with van der Waals surface area (Å²) in [7, 11) is 0. The van der Waals surface area contributed by atoms with Gasteiger partial charge >= 0.3 is 0 Å². The van der Waals surface area contributed by atoms with Gasteiger partial charge in [-0.25, -0.2) is 4.98 Å². The molecule has 0 atom stereocenters. The Labute approximate surface area is 121 Å². The van der Waals surface area contributed by atoms with E-state index in [0.717, 1.165) is 16.9 Å². The molecule has 0 aliphatic heterocycles. The normalized spacial score (nSPS) is 10.2. The molecule has 0 unspecified atom stereocenters. The van der Waals surface area contributed by atoms with Crippen molar-refractivity contribution >= 4 is 11.6 Å². The lowest BCUT2D eigenvalue weighted by atomic mass is 10.2. The third-order valence-electron chi connectivity index (χ3n) is 3.01. The summed E-state index contributed by atoms with van der Waals surface area (Å²) in [5.41, 5.74) is 3.28. The van der Waals surface area contributed by atoms with Gasteiger partial charge in [-0.05, 0) is 18.2 Å². The summed E-state index contributed by atoms with van der Waals surface area (Å²) >= 11 is 6.20. The first-order valence-electron chi connectivity index (χ1n) is 6.07. The second-order valence-corrected chi connectivity index (χ2v) is 4.72. The number of imidazole rings is 1. The highest BCUT2D eigenvalue weighted by molar-refractivity contribution is 6.32. The molecule has 0 bridgehead atoms. The lowest BCUT2D eigenvalue weighted by Gasteiger charge is -2.04. The van der Waals surface area contributed by atoms with Gasteiger partial charge in [0.2, 0.25) is 0 Å². The molecule has 0 aliphatic rings. The van der Waals surface area contributed by atoms with Crippen LogP contribution in [0.25, 0.3) is 16.9 Å². The smallest absolute Gasteiger partial charge is 0.1000 e. The van der Waals surface area contributed by atoms with Crippen molar-refractivity contribution in [3.05, 3.63) is 71.6 Å². The van der Waals surface area contributed by atoms with Crippen molar-refractivity contribution in [2.75, 3.05) is 0 Å². The third kappa shape index (κ3) is 2.29. The molecular weight excluding hydrogens is 270 g/mol. The molecule has 20 heavy (non-hydrogen) atoms. The number of aromatic nitrogens is 2. The highest BCUT2D eigenvalue weighted by Crippen LogP contribution is 2.24. The van der Waals surface area contributed by atoms with E-state index in [0.29, 0.717) is 10.6 Å². The van der Waals surface area contributed by atoms with Gasteiger partial charge in [0.1, 0.15) is 0 Å². The molecule has 0 radical (unpaired) electrons. The second-order valence-electron chi connectivity index (χ2n) is 4.31. The first-order valence-corrected chi connectivity index (χ1v) is 6.45. The number of rotatable bonds is 2. The molecular formula is C16H10ClN3. The molecule has 96 valence electrons. The summed E-state index contributed by atoms with van der Waals surface area (Å²) in [4.78, 5) is 4.39. The Morgan fingerprint density at radius 1 is 1.10 bits per heavy atom. The number of benzene rings is 2. The van der Waals surface area contributed by atoms with E-state index in [9.17, 15) is 0 Å². The zero-order valence-electron chi connectivity index (χ0n) is 10.5. The van der Waals surface area contributed by atoms with Crippen molar-refractivity contribution in [3.63, 3.8) is 0 Å². The maximum Gasteiger partial charge on any atom is 0.1000 e. The topological polar surface area (TPSA) is 41.6 Å². The minimum Gasteiger partial charge on any atom is -0.304 e. The number of nitrogens with zero attached hydrogens (tertiary/aromatic N) is 3. The molecule has 0 saturated heterocycles. The summed E-state index contributed by atoms with van der Waals surface area (Å²) in [6.07, 6.45) is 3.64. The molecule has 0 aliphatic carbocycles. The van der Waals surface area contributed by atoms with Crippen LogP contribution in [0.15, 0.2) is 61.1 Å². The summed E-state index contributed by atoms with van der Waals surface area (Å²) in [6, 6.07) is 17.2. The Hall–Kier alpha value is -2.57. The van der Waals surface area contributed by atoms with Crippen molar-refractivity contribution in [1.29, 1.82) is 5.26 Å². The van der Waals surface area contributed by atoms with Crippen LogP contribution in [0.5, 0.6) is 0 Å². The highest BCUT2D eigenvalue weighted by atomic mass is 35.5. The fourth-order valence-electron chi connectivity index (χ4n) is 2.00. The molecule has 3 rings (SSSR count). The van der Waals surface area contributed by atoms with E-state index in [2.05, 4.69) is 11.1 Å². The average Bonchev–Trinajstić information content (AvgIpc) is 2.97. The van der Waals surface area contributed by atoms with Crippen LogP contribution >= 0.6 is 11.6 Å². The third-order valence-corrected chi connectivity index (χ3v) is 3.31. The summed E-state index contributed by atoms with van der Waals surface area (Å²) in [5, 5.41) is 9.38. The number of halogens is 1. The SMILES string of the molecule is N#Cc1ccc(-n2cnc(-c3ccccc3)c2)c(Cl)c1. The fraction of sp³-hybridized carbons (Fsp3) is 0.